The molecule has 0 aliphatic heterocycles. The first-order chi connectivity index (χ1) is 12.4. The van der Waals surface area contributed by atoms with Gasteiger partial charge in [0, 0.05) is 23.1 Å². The molecule has 4 heteroatoms. The number of amides is 1. The van der Waals surface area contributed by atoms with Crippen molar-refractivity contribution in [3.63, 3.8) is 0 Å². The standard InChI is InChI=1S/C22H22N2O2/c1-14-10-15(2)12-18(11-14)23-22(26)21-16(3)13-20(25)24(17(21)4)19-8-6-5-7-9-19/h5-13H,1-4H3,(H,23,26). The number of aromatic nitrogens is 1. The van der Waals surface area contributed by atoms with Crippen LogP contribution in [0.4, 0.5) is 5.69 Å². The second-order valence-corrected chi connectivity index (χ2v) is 6.63. The Hall–Kier alpha value is -3.14. The summed E-state index contributed by atoms with van der Waals surface area (Å²) in [5, 5.41) is 2.97. The number of para-hydroxylation sites is 1. The lowest BCUT2D eigenvalue weighted by molar-refractivity contribution is 0.102. The maximum Gasteiger partial charge on any atom is 0.257 e. The van der Waals surface area contributed by atoms with Gasteiger partial charge in [0.2, 0.25) is 0 Å². The summed E-state index contributed by atoms with van der Waals surface area (Å²) in [6.07, 6.45) is 0. The minimum Gasteiger partial charge on any atom is -0.322 e. The molecule has 1 amide bonds. The van der Waals surface area contributed by atoms with E-state index < -0.39 is 0 Å². The van der Waals surface area contributed by atoms with Crippen LogP contribution in [0.1, 0.15) is 32.7 Å². The molecule has 0 saturated carbocycles. The second kappa shape index (κ2) is 7.00. The van der Waals surface area contributed by atoms with E-state index in [9.17, 15) is 9.59 Å². The third-order valence-electron chi connectivity index (χ3n) is 4.37. The van der Waals surface area contributed by atoms with Crippen LogP contribution in [0.15, 0.2) is 59.4 Å². The molecule has 0 atom stereocenters. The molecule has 0 fully saturated rings. The fourth-order valence-electron chi connectivity index (χ4n) is 3.37. The highest BCUT2D eigenvalue weighted by molar-refractivity contribution is 6.06. The van der Waals surface area contributed by atoms with Gasteiger partial charge in [-0.3, -0.25) is 14.2 Å². The van der Waals surface area contributed by atoms with E-state index in [1.165, 1.54) is 6.07 Å². The molecular weight excluding hydrogens is 324 g/mol. The van der Waals surface area contributed by atoms with Crippen LogP contribution in [0, 0.1) is 27.7 Å². The van der Waals surface area contributed by atoms with E-state index in [0.29, 0.717) is 16.8 Å². The average molecular weight is 346 g/mol. The SMILES string of the molecule is Cc1cc(C)cc(NC(=O)c2c(C)cc(=O)n(-c3ccccc3)c2C)c1. The molecule has 0 aliphatic carbocycles. The maximum atomic E-state index is 12.9. The number of benzene rings is 2. The summed E-state index contributed by atoms with van der Waals surface area (Å²) >= 11 is 0. The normalized spacial score (nSPS) is 10.6. The molecule has 3 aromatic rings. The van der Waals surface area contributed by atoms with E-state index in [0.717, 1.165) is 22.5 Å². The van der Waals surface area contributed by atoms with E-state index >= 15 is 0 Å². The number of carbonyl (C=O) groups excluding carboxylic acids is 1. The number of pyridine rings is 1. The Balaban J connectivity index is 2.07. The van der Waals surface area contributed by atoms with Crippen LogP contribution in [-0.4, -0.2) is 10.5 Å². The van der Waals surface area contributed by atoms with Crippen molar-refractivity contribution in [1.29, 1.82) is 0 Å². The molecule has 1 N–H and O–H groups in total. The van der Waals surface area contributed by atoms with Crippen molar-refractivity contribution in [1.82, 2.24) is 4.57 Å². The zero-order chi connectivity index (χ0) is 18.8. The van der Waals surface area contributed by atoms with Crippen LogP contribution in [-0.2, 0) is 0 Å². The Morgan fingerprint density at radius 1 is 0.885 bits per heavy atom. The van der Waals surface area contributed by atoms with Crippen molar-refractivity contribution in [2.45, 2.75) is 27.7 Å². The molecule has 0 aliphatic rings. The molecule has 132 valence electrons. The molecule has 0 saturated heterocycles. The van der Waals surface area contributed by atoms with Crippen molar-refractivity contribution in [3.8, 4) is 5.69 Å². The van der Waals surface area contributed by atoms with E-state index in [-0.39, 0.29) is 11.5 Å². The second-order valence-electron chi connectivity index (χ2n) is 6.63. The lowest BCUT2D eigenvalue weighted by Gasteiger charge is -2.16. The van der Waals surface area contributed by atoms with Crippen LogP contribution in [0.2, 0.25) is 0 Å². The third kappa shape index (κ3) is 3.45. The van der Waals surface area contributed by atoms with Gasteiger partial charge in [0.15, 0.2) is 0 Å². The monoisotopic (exact) mass is 346 g/mol. The Morgan fingerprint density at radius 2 is 1.50 bits per heavy atom. The van der Waals surface area contributed by atoms with E-state index in [2.05, 4.69) is 11.4 Å². The molecule has 26 heavy (non-hydrogen) atoms. The highest BCUT2D eigenvalue weighted by atomic mass is 16.2. The number of rotatable bonds is 3. The molecule has 1 aromatic heterocycles. The van der Waals surface area contributed by atoms with E-state index in [4.69, 9.17) is 0 Å². The summed E-state index contributed by atoms with van der Waals surface area (Å²) in [6, 6.07) is 16.8. The van der Waals surface area contributed by atoms with Crippen molar-refractivity contribution in [3.05, 3.63) is 92.9 Å². The quantitative estimate of drug-likeness (QED) is 0.768. The third-order valence-corrected chi connectivity index (χ3v) is 4.37. The van der Waals surface area contributed by atoms with Crippen molar-refractivity contribution < 1.29 is 4.79 Å². The maximum absolute atomic E-state index is 12.9. The number of aryl methyl sites for hydroxylation is 3. The molecular formula is C22H22N2O2. The van der Waals surface area contributed by atoms with Gasteiger partial charge in [-0.05, 0) is 68.7 Å². The number of hydrogen-bond acceptors (Lipinski definition) is 2. The summed E-state index contributed by atoms with van der Waals surface area (Å²) in [5.74, 6) is -0.213. The Morgan fingerprint density at radius 3 is 2.12 bits per heavy atom. The number of nitrogens with zero attached hydrogens (tertiary/aromatic N) is 1. The van der Waals surface area contributed by atoms with Gasteiger partial charge in [0.05, 0.1) is 5.56 Å². The lowest BCUT2D eigenvalue weighted by atomic mass is 10.1. The van der Waals surface area contributed by atoms with Crippen LogP contribution >= 0.6 is 0 Å². The largest absolute Gasteiger partial charge is 0.322 e. The Bertz CT molecular complexity index is 1010. The van der Waals surface area contributed by atoms with Crippen LogP contribution in [0.3, 0.4) is 0 Å². The highest BCUT2D eigenvalue weighted by Gasteiger charge is 2.18. The first-order valence-electron chi connectivity index (χ1n) is 8.55. The number of nitrogens with one attached hydrogen (secondary N) is 1. The van der Waals surface area contributed by atoms with Gasteiger partial charge >= 0.3 is 0 Å². The highest BCUT2D eigenvalue weighted by Crippen LogP contribution is 2.19. The Labute approximate surface area is 153 Å². The molecule has 1 heterocycles. The zero-order valence-corrected chi connectivity index (χ0v) is 15.5. The van der Waals surface area contributed by atoms with Gasteiger partial charge in [-0.25, -0.2) is 0 Å². The summed E-state index contributed by atoms with van der Waals surface area (Å²) in [4.78, 5) is 25.5. The minimum atomic E-state index is -0.213. The molecule has 0 unspecified atom stereocenters. The fourth-order valence-corrected chi connectivity index (χ4v) is 3.37. The van der Waals surface area contributed by atoms with Gasteiger partial charge in [-0.2, -0.15) is 0 Å². The van der Waals surface area contributed by atoms with Gasteiger partial charge in [0.1, 0.15) is 0 Å². The molecule has 0 radical (unpaired) electrons. The van der Waals surface area contributed by atoms with Crippen molar-refractivity contribution >= 4 is 11.6 Å². The summed E-state index contributed by atoms with van der Waals surface area (Å²) in [5.41, 5.74) is 5.34. The number of hydrogen-bond donors (Lipinski definition) is 1. The summed E-state index contributed by atoms with van der Waals surface area (Å²) in [6.45, 7) is 7.58. The number of anilines is 1. The van der Waals surface area contributed by atoms with Gasteiger partial charge in [-0.15, -0.1) is 0 Å². The first-order valence-corrected chi connectivity index (χ1v) is 8.55. The topological polar surface area (TPSA) is 51.1 Å². The average Bonchev–Trinajstić information content (AvgIpc) is 2.54. The van der Waals surface area contributed by atoms with Crippen LogP contribution < -0.4 is 10.9 Å². The van der Waals surface area contributed by atoms with Crippen molar-refractivity contribution in [2.24, 2.45) is 0 Å². The molecule has 3 rings (SSSR count). The molecule has 2 aromatic carbocycles. The predicted octanol–water partition coefficient (Wildman–Crippen LogP) is 4.32. The minimum absolute atomic E-state index is 0.144. The smallest absolute Gasteiger partial charge is 0.257 e. The predicted molar refractivity (Wildman–Crippen MR) is 105 cm³/mol. The van der Waals surface area contributed by atoms with Gasteiger partial charge in [-0.1, -0.05) is 24.3 Å². The van der Waals surface area contributed by atoms with Gasteiger partial charge < -0.3 is 5.32 Å². The summed E-state index contributed by atoms with van der Waals surface area (Å²) in [7, 11) is 0. The molecule has 0 bridgehead atoms. The molecule has 4 nitrogen and oxygen atoms in total. The fraction of sp³-hybridized carbons (Fsp3) is 0.182. The van der Waals surface area contributed by atoms with Crippen molar-refractivity contribution in [2.75, 3.05) is 5.32 Å². The number of carbonyl (C=O) groups is 1. The zero-order valence-electron chi connectivity index (χ0n) is 15.5. The van der Waals surface area contributed by atoms with Crippen LogP contribution in [0.25, 0.3) is 5.69 Å². The summed E-state index contributed by atoms with van der Waals surface area (Å²) < 4.78 is 1.57. The first kappa shape index (κ1) is 17.7. The van der Waals surface area contributed by atoms with Crippen LogP contribution in [0.5, 0.6) is 0 Å². The Kier molecular flexibility index (Phi) is 4.76. The van der Waals surface area contributed by atoms with Gasteiger partial charge in [0.25, 0.3) is 11.5 Å². The van der Waals surface area contributed by atoms with E-state index in [1.807, 2.05) is 56.3 Å². The van der Waals surface area contributed by atoms with E-state index in [1.54, 1.807) is 18.4 Å². The lowest BCUT2D eigenvalue weighted by Crippen LogP contribution is -2.26. The molecule has 0 spiro atoms.